The second kappa shape index (κ2) is 19.5. The zero-order valence-corrected chi connectivity index (χ0v) is 30.5. The van der Waals surface area contributed by atoms with E-state index in [1.165, 1.54) is 77.0 Å². The quantitative estimate of drug-likeness (QED) is 0.0522. The molecule has 0 spiro atoms. The summed E-state index contributed by atoms with van der Waals surface area (Å²) in [5.74, 6) is -2.39. The highest BCUT2D eigenvalue weighted by Gasteiger charge is 2.45. The number of ketones is 1. The minimum absolute atomic E-state index is 0.0324. The number of anilines is 1. The third-order valence-electron chi connectivity index (χ3n) is 9.77. The summed E-state index contributed by atoms with van der Waals surface area (Å²) < 4.78 is 2.18. The molecule has 264 valence electrons. The Bertz CT molecular complexity index is 1550. The van der Waals surface area contributed by atoms with E-state index < -0.39 is 29.5 Å². The Labute approximate surface area is 297 Å². The van der Waals surface area contributed by atoms with E-state index in [4.69, 9.17) is 11.6 Å². The van der Waals surface area contributed by atoms with Crippen LogP contribution in [0.3, 0.4) is 0 Å². The molecule has 1 aliphatic rings. The first kappa shape index (κ1) is 38.1. The molecule has 0 aliphatic carbocycles. The van der Waals surface area contributed by atoms with E-state index in [-0.39, 0.29) is 12.8 Å². The van der Waals surface area contributed by atoms with Crippen molar-refractivity contribution in [2.45, 2.75) is 136 Å². The SMILES string of the molecule is CCCCCCCCCCCCCCCCn1c(C)c(C(=O)C(C(=O)Nc2ccccc2Cl)N2C(=O)CCC2=O)c(C)c1-c1ccccc1. The Hall–Kier alpha value is -3.71. The second-order valence-corrected chi connectivity index (χ2v) is 13.8. The molecule has 3 amide bonds. The molecule has 1 saturated heterocycles. The number of unbranched alkanes of at least 4 members (excludes halogenated alkanes) is 13. The minimum atomic E-state index is -1.64. The van der Waals surface area contributed by atoms with Crippen LogP contribution in [0.2, 0.25) is 5.02 Å². The third-order valence-corrected chi connectivity index (χ3v) is 10.1. The topological polar surface area (TPSA) is 88.5 Å². The summed E-state index contributed by atoms with van der Waals surface area (Å²) in [7, 11) is 0. The van der Waals surface area contributed by atoms with Crippen molar-refractivity contribution in [3.8, 4) is 11.3 Å². The number of carbonyl (C=O) groups is 4. The second-order valence-electron chi connectivity index (χ2n) is 13.4. The molecule has 1 N–H and O–H groups in total. The maximum Gasteiger partial charge on any atom is 0.255 e. The average molecular weight is 688 g/mol. The standard InChI is InChI=1S/C41H54ClN3O4/c1-4-5-6-7-8-9-10-11-12-13-14-15-16-22-29-44-31(3)37(30(2)38(44)32-23-18-17-19-24-32)40(48)39(45-35(46)27-28-36(45)47)41(49)43-34-26-21-20-25-33(34)42/h17-21,23-26,39H,4-16,22,27-29H2,1-3H3,(H,43,49). The summed E-state index contributed by atoms with van der Waals surface area (Å²) in [4.78, 5) is 55.1. The van der Waals surface area contributed by atoms with Gasteiger partial charge in [-0.15, -0.1) is 0 Å². The summed E-state index contributed by atoms with van der Waals surface area (Å²) >= 11 is 6.31. The molecule has 3 aromatic rings. The zero-order chi connectivity index (χ0) is 35.2. The normalized spacial score (nSPS) is 13.7. The van der Waals surface area contributed by atoms with Gasteiger partial charge in [0.2, 0.25) is 11.8 Å². The first-order chi connectivity index (χ1) is 23.8. The molecule has 7 nitrogen and oxygen atoms in total. The van der Waals surface area contributed by atoms with Crippen molar-refractivity contribution in [2.24, 2.45) is 0 Å². The number of halogens is 1. The highest BCUT2D eigenvalue weighted by atomic mass is 35.5. The van der Waals surface area contributed by atoms with Gasteiger partial charge < -0.3 is 9.88 Å². The number of rotatable bonds is 21. The van der Waals surface area contributed by atoms with Crippen LogP contribution in [-0.2, 0) is 20.9 Å². The van der Waals surface area contributed by atoms with E-state index in [9.17, 15) is 19.2 Å². The van der Waals surface area contributed by atoms with Crippen LogP contribution in [-0.4, -0.2) is 39.0 Å². The van der Waals surface area contributed by atoms with E-state index in [2.05, 4.69) is 16.8 Å². The first-order valence-electron chi connectivity index (χ1n) is 18.5. The fraction of sp³-hybridized carbons (Fsp3) is 0.512. The van der Waals surface area contributed by atoms with E-state index in [1.54, 1.807) is 24.3 Å². The summed E-state index contributed by atoms with van der Waals surface area (Å²) in [6, 6.07) is 15.0. The molecule has 1 aliphatic heterocycles. The lowest BCUT2D eigenvalue weighted by atomic mass is 9.97. The molecule has 4 rings (SSSR count). The molecule has 0 bridgehead atoms. The summed E-state index contributed by atoms with van der Waals surface area (Å²) in [5, 5.41) is 3.00. The number of Topliss-reactive ketones (excluding diaryl/α,β-unsaturated/α-hetero) is 1. The van der Waals surface area contributed by atoms with Crippen molar-refractivity contribution in [3.05, 3.63) is 76.4 Å². The number of amides is 3. The van der Waals surface area contributed by atoms with Gasteiger partial charge in [0.05, 0.1) is 16.4 Å². The molecule has 1 aromatic heterocycles. The molecule has 1 unspecified atom stereocenters. The number of imide groups is 1. The monoisotopic (exact) mass is 687 g/mol. The van der Waals surface area contributed by atoms with E-state index in [1.807, 2.05) is 44.2 Å². The van der Waals surface area contributed by atoms with E-state index in [0.717, 1.165) is 46.8 Å². The van der Waals surface area contributed by atoms with Crippen molar-refractivity contribution in [1.82, 2.24) is 9.47 Å². The Morgan fingerprint density at radius 2 is 1.24 bits per heavy atom. The van der Waals surface area contributed by atoms with Gasteiger partial charge in [-0.1, -0.05) is 144 Å². The van der Waals surface area contributed by atoms with Crippen molar-refractivity contribution >= 4 is 40.8 Å². The predicted octanol–water partition coefficient (Wildman–Crippen LogP) is 10.2. The van der Waals surface area contributed by atoms with Gasteiger partial charge in [-0.2, -0.15) is 0 Å². The Morgan fingerprint density at radius 3 is 1.80 bits per heavy atom. The van der Waals surface area contributed by atoms with Gasteiger partial charge in [-0.25, -0.2) is 0 Å². The highest BCUT2D eigenvalue weighted by Crippen LogP contribution is 2.34. The molecule has 1 atom stereocenters. The molecule has 49 heavy (non-hydrogen) atoms. The predicted molar refractivity (Wildman–Crippen MR) is 199 cm³/mol. The lowest BCUT2D eigenvalue weighted by Crippen LogP contribution is -2.51. The number of para-hydroxylation sites is 1. The summed E-state index contributed by atoms with van der Waals surface area (Å²) in [6.45, 7) is 6.77. The molecule has 2 aromatic carbocycles. The molecular formula is C41H54ClN3O4. The van der Waals surface area contributed by atoms with E-state index >= 15 is 0 Å². The largest absolute Gasteiger partial charge is 0.344 e. The number of benzene rings is 2. The van der Waals surface area contributed by atoms with Crippen LogP contribution in [0.1, 0.15) is 131 Å². The molecule has 0 radical (unpaired) electrons. The van der Waals surface area contributed by atoms with Crippen molar-refractivity contribution in [1.29, 1.82) is 0 Å². The summed E-state index contributed by atoms with van der Waals surface area (Å²) in [6.07, 6.45) is 17.8. The van der Waals surface area contributed by atoms with Gasteiger partial charge in [0.15, 0.2) is 11.8 Å². The van der Waals surface area contributed by atoms with Crippen molar-refractivity contribution < 1.29 is 19.2 Å². The van der Waals surface area contributed by atoms with Crippen molar-refractivity contribution in [2.75, 3.05) is 5.32 Å². The minimum Gasteiger partial charge on any atom is -0.344 e. The van der Waals surface area contributed by atoms with Gasteiger partial charge in [0, 0.05) is 30.6 Å². The zero-order valence-electron chi connectivity index (χ0n) is 29.7. The fourth-order valence-corrected chi connectivity index (χ4v) is 7.29. The Morgan fingerprint density at radius 1 is 0.735 bits per heavy atom. The lowest BCUT2D eigenvalue weighted by molar-refractivity contribution is -0.143. The van der Waals surface area contributed by atoms with Crippen LogP contribution >= 0.6 is 11.6 Å². The lowest BCUT2D eigenvalue weighted by Gasteiger charge is -2.25. The average Bonchev–Trinajstić information content (AvgIpc) is 3.55. The van der Waals surface area contributed by atoms with Crippen LogP contribution in [0.25, 0.3) is 11.3 Å². The summed E-state index contributed by atoms with van der Waals surface area (Å²) in [5.41, 5.74) is 4.02. The van der Waals surface area contributed by atoms with Gasteiger partial charge in [0.25, 0.3) is 5.91 Å². The number of hydrogen-bond acceptors (Lipinski definition) is 4. The van der Waals surface area contributed by atoms with Crippen LogP contribution in [0.15, 0.2) is 54.6 Å². The number of nitrogens with zero attached hydrogens (tertiary/aromatic N) is 2. The molecule has 1 fully saturated rings. The van der Waals surface area contributed by atoms with Gasteiger partial charge in [-0.05, 0) is 43.5 Å². The third kappa shape index (κ3) is 10.2. The maximum atomic E-state index is 14.5. The van der Waals surface area contributed by atoms with Crippen LogP contribution < -0.4 is 5.32 Å². The highest BCUT2D eigenvalue weighted by molar-refractivity contribution is 6.34. The molecule has 2 heterocycles. The number of hydrogen-bond donors (Lipinski definition) is 1. The maximum absolute atomic E-state index is 14.5. The fourth-order valence-electron chi connectivity index (χ4n) is 7.11. The Balaban J connectivity index is 1.47. The molecule has 0 saturated carbocycles. The first-order valence-corrected chi connectivity index (χ1v) is 18.8. The Kier molecular flexibility index (Phi) is 15.1. The van der Waals surface area contributed by atoms with Crippen molar-refractivity contribution in [3.63, 3.8) is 0 Å². The van der Waals surface area contributed by atoms with E-state index in [0.29, 0.717) is 16.3 Å². The van der Waals surface area contributed by atoms with Crippen LogP contribution in [0, 0.1) is 13.8 Å². The number of likely N-dealkylation sites (tertiary alicyclic amines) is 1. The van der Waals surface area contributed by atoms with Gasteiger partial charge >= 0.3 is 0 Å². The number of nitrogens with one attached hydrogen (secondary N) is 1. The number of aromatic nitrogens is 1. The van der Waals surface area contributed by atoms with Crippen LogP contribution in [0.4, 0.5) is 5.69 Å². The molecular weight excluding hydrogens is 634 g/mol. The van der Waals surface area contributed by atoms with Gasteiger partial charge in [-0.3, -0.25) is 24.1 Å². The van der Waals surface area contributed by atoms with Gasteiger partial charge in [0.1, 0.15) is 0 Å². The smallest absolute Gasteiger partial charge is 0.255 e. The van der Waals surface area contributed by atoms with Crippen LogP contribution in [0.5, 0.6) is 0 Å². The molecule has 8 heteroatoms. The number of carbonyl (C=O) groups excluding carboxylic acids is 4.